The molecule has 34 valence electrons. The minimum Gasteiger partial charge on any atom is -0.373 e. The molecule has 0 amide bonds. The zero-order chi connectivity index (χ0) is 3.98. The topological polar surface area (TPSA) is 21.3 Å². The Balaban J connectivity index is 2.03. The summed E-state index contributed by atoms with van der Waals surface area (Å²) in [5.41, 5.74) is 0. The van der Waals surface area contributed by atoms with Gasteiger partial charge in [-0.2, -0.15) is 0 Å². The van der Waals surface area contributed by atoms with E-state index in [9.17, 15) is 0 Å². The van der Waals surface area contributed by atoms with Gasteiger partial charge >= 0.3 is 0 Å². The van der Waals surface area contributed by atoms with E-state index in [0.29, 0.717) is 6.10 Å². The van der Waals surface area contributed by atoms with Gasteiger partial charge in [0.05, 0.1) is 18.8 Å². The molecule has 0 saturated carbocycles. The SMILES string of the molecule is C1N[C@@H]2COC12. The van der Waals surface area contributed by atoms with Crippen molar-refractivity contribution in [1.82, 2.24) is 5.32 Å². The number of hydrogen-bond donors (Lipinski definition) is 1. The van der Waals surface area contributed by atoms with Crippen LogP contribution in [0.2, 0.25) is 0 Å². The first-order chi connectivity index (χ1) is 2.97. The lowest BCUT2D eigenvalue weighted by Gasteiger charge is -2.46. The quantitative estimate of drug-likeness (QED) is 0.422. The van der Waals surface area contributed by atoms with Crippen molar-refractivity contribution < 1.29 is 4.74 Å². The Bertz CT molecular complexity index is 55.9. The first-order valence-corrected chi connectivity index (χ1v) is 2.32. The molecule has 0 bridgehead atoms. The summed E-state index contributed by atoms with van der Waals surface area (Å²) in [7, 11) is 0. The van der Waals surface area contributed by atoms with Crippen LogP contribution in [0, 0.1) is 0 Å². The molecule has 2 nitrogen and oxygen atoms in total. The van der Waals surface area contributed by atoms with Crippen molar-refractivity contribution in [1.29, 1.82) is 0 Å². The van der Waals surface area contributed by atoms with Crippen molar-refractivity contribution in [3.63, 3.8) is 0 Å². The summed E-state index contributed by atoms with van der Waals surface area (Å²) in [6.45, 7) is 2.04. The second-order valence-corrected chi connectivity index (χ2v) is 1.89. The van der Waals surface area contributed by atoms with Crippen LogP contribution in [0.25, 0.3) is 0 Å². The van der Waals surface area contributed by atoms with Crippen LogP contribution >= 0.6 is 0 Å². The maximum Gasteiger partial charge on any atom is 0.0875 e. The number of rotatable bonds is 0. The van der Waals surface area contributed by atoms with Crippen LogP contribution in [0.4, 0.5) is 0 Å². The minimum atomic E-state index is 0.602. The zero-order valence-electron chi connectivity index (χ0n) is 3.48. The number of ether oxygens (including phenoxy) is 1. The summed E-state index contributed by atoms with van der Waals surface area (Å²) in [6.07, 6.45) is 0.602. The third kappa shape index (κ3) is 0.172. The van der Waals surface area contributed by atoms with Gasteiger partial charge in [0.25, 0.3) is 0 Å². The van der Waals surface area contributed by atoms with Crippen molar-refractivity contribution in [2.75, 3.05) is 13.2 Å². The van der Waals surface area contributed by atoms with Crippen molar-refractivity contribution in [3.8, 4) is 0 Å². The fourth-order valence-corrected chi connectivity index (χ4v) is 0.827. The van der Waals surface area contributed by atoms with Gasteiger partial charge in [-0.1, -0.05) is 0 Å². The van der Waals surface area contributed by atoms with Gasteiger partial charge in [-0.25, -0.2) is 0 Å². The third-order valence-corrected chi connectivity index (χ3v) is 1.52. The molecule has 2 saturated heterocycles. The Kier molecular flexibility index (Phi) is 0.383. The fraction of sp³-hybridized carbons (Fsp3) is 1.00. The second kappa shape index (κ2) is 0.768. The molecule has 2 heterocycles. The van der Waals surface area contributed by atoms with Gasteiger partial charge in [0.2, 0.25) is 0 Å². The summed E-state index contributed by atoms with van der Waals surface area (Å²) < 4.78 is 5.07. The van der Waals surface area contributed by atoms with Crippen LogP contribution in [0.5, 0.6) is 0 Å². The van der Waals surface area contributed by atoms with E-state index in [1.165, 1.54) is 0 Å². The number of hydrogen-bond acceptors (Lipinski definition) is 2. The molecule has 2 atom stereocenters. The Morgan fingerprint density at radius 1 is 1.67 bits per heavy atom. The predicted molar refractivity (Wildman–Crippen MR) is 21.5 cm³/mol. The Labute approximate surface area is 36.5 Å². The third-order valence-electron chi connectivity index (χ3n) is 1.52. The van der Waals surface area contributed by atoms with Crippen LogP contribution in [-0.4, -0.2) is 25.3 Å². The monoisotopic (exact) mass is 85.1 g/mol. The first kappa shape index (κ1) is 2.99. The van der Waals surface area contributed by atoms with E-state index in [1.807, 2.05) is 0 Å². The van der Waals surface area contributed by atoms with Crippen molar-refractivity contribution in [2.45, 2.75) is 12.1 Å². The summed E-state index contributed by atoms with van der Waals surface area (Å²) in [4.78, 5) is 0. The van der Waals surface area contributed by atoms with Gasteiger partial charge in [0.1, 0.15) is 0 Å². The Morgan fingerprint density at radius 3 is 2.50 bits per heavy atom. The molecule has 0 aromatic carbocycles. The normalized spacial score (nSPS) is 52.0. The summed E-state index contributed by atoms with van der Waals surface area (Å²) >= 11 is 0. The van der Waals surface area contributed by atoms with Crippen molar-refractivity contribution in [3.05, 3.63) is 0 Å². The second-order valence-electron chi connectivity index (χ2n) is 1.89. The predicted octanol–water partition coefficient (Wildman–Crippen LogP) is -0.643. The van der Waals surface area contributed by atoms with E-state index in [0.717, 1.165) is 19.2 Å². The molecular weight excluding hydrogens is 78.0 g/mol. The molecule has 0 spiro atoms. The molecule has 2 heteroatoms. The summed E-state index contributed by atoms with van der Waals surface area (Å²) in [5, 5.41) is 3.22. The standard InChI is InChI=1S/C4H7NO/c1-4-3(5-1)2-6-4/h3-5H,1-2H2/t3-,4?/m1/s1. The molecule has 0 radical (unpaired) electrons. The smallest absolute Gasteiger partial charge is 0.0875 e. The lowest BCUT2D eigenvalue weighted by Crippen LogP contribution is -2.68. The molecule has 0 aromatic heterocycles. The van der Waals surface area contributed by atoms with Crippen LogP contribution in [0.1, 0.15) is 0 Å². The van der Waals surface area contributed by atoms with E-state index in [-0.39, 0.29) is 0 Å². The molecule has 2 rings (SSSR count). The molecule has 2 fully saturated rings. The van der Waals surface area contributed by atoms with Gasteiger partial charge in [-0.3, -0.25) is 0 Å². The molecule has 0 aromatic rings. The number of fused-ring (bicyclic) bond motifs is 1. The maximum atomic E-state index is 5.07. The lowest BCUT2D eigenvalue weighted by molar-refractivity contribution is -0.135. The first-order valence-electron chi connectivity index (χ1n) is 2.32. The van der Waals surface area contributed by atoms with E-state index >= 15 is 0 Å². The molecule has 6 heavy (non-hydrogen) atoms. The molecule has 1 unspecified atom stereocenters. The van der Waals surface area contributed by atoms with Gasteiger partial charge in [0, 0.05) is 6.54 Å². The highest BCUT2D eigenvalue weighted by molar-refractivity contribution is 4.95. The van der Waals surface area contributed by atoms with Crippen LogP contribution in [0.3, 0.4) is 0 Å². The highest BCUT2D eigenvalue weighted by Gasteiger charge is 2.39. The highest BCUT2D eigenvalue weighted by atomic mass is 16.5. The van der Waals surface area contributed by atoms with Crippen LogP contribution in [-0.2, 0) is 4.74 Å². The van der Waals surface area contributed by atoms with Gasteiger partial charge in [-0.05, 0) is 0 Å². The van der Waals surface area contributed by atoms with Crippen molar-refractivity contribution >= 4 is 0 Å². The Morgan fingerprint density at radius 2 is 2.50 bits per heavy atom. The highest BCUT2D eigenvalue weighted by Crippen LogP contribution is 2.18. The van der Waals surface area contributed by atoms with Crippen LogP contribution in [0.15, 0.2) is 0 Å². The Hall–Kier alpha value is -0.0800. The summed E-state index contributed by atoms with van der Waals surface area (Å²) in [6, 6.07) is 0.741. The minimum absolute atomic E-state index is 0.602. The van der Waals surface area contributed by atoms with Gasteiger partial charge in [0.15, 0.2) is 0 Å². The molecule has 1 N–H and O–H groups in total. The zero-order valence-corrected chi connectivity index (χ0v) is 3.48. The molecular formula is C4H7NO. The average molecular weight is 85.1 g/mol. The summed E-state index contributed by atoms with van der Waals surface area (Å²) in [5.74, 6) is 0. The number of morpholine rings is 1. The van der Waals surface area contributed by atoms with E-state index in [2.05, 4.69) is 5.32 Å². The van der Waals surface area contributed by atoms with E-state index in [4.69, 9.17) is 4.74 Å². The van der Waals surface area contributed by atoms with Crippen LogP contribution < -0.4 is 5.32 Å². The molecule has 2 aliphatic heterocycles. The largest absolute Gasteiger partial charge is 0.373 e. The molecule has 2 aliphatic rings. The molecule has 0 aliphatic carbocycles. The fourth-order valence-electron chi connectivity index (χ4n) is 0.827. The average Bonchev–Trinajstić information content (AvgIpc) is 1.54. The van der Waals surface area contributed by atoms with Gasteiger partial charge in [-0.15, -0.1) is 0 Å². The lowest BCUT2D eigenvalue weighted by atomic mass is 9.99. The van der Waals surface area contributed by atoms with Crippen molar-refractivity contribution in [2.24, 2.45) is 0 Å². The maximum absolute atomic E-state index is 5.07. The van der Waals surface area contributed by atoms with Gasteiger partial charge < -0.3 is 10.1 Å². The van der Waals surface area contributed by atoms with E-state index < -0.39 is 0 Å². The van der Waals surface area contributed by atoms with E-state index in [1.54, 1.807) is 0 Å². The number of nitrogens with one attached hydrogen (secondary N) is 1.